The number of benzene rings is 4. The molecule has 1 heterocycles. The van der Waals surface area contributed by atoms with Crippen molar-refractivity contribution in [3.05, 3.63) is 123 Å². The van der Waals surface area contributed by atoms with Crippen molar-refractivity contribution in [2.45, 2.75) is 6.92 Å². The number of hydrogen-bond acceptors (Lipinski definition) is 4. The Kier molecular flexibility index (Phi) is 8.48. The lowest BCUT2D eigenvalue weighted by Crippen LogP contribution is -2.18. The number of carbonyl (C=O) groups is 1. The fourth-order valence-electron chi connectivity index (χ4n) is 4.43. The summed E-state index contributed by atoms with van der Waals surface area (Å²) >= 11 is 6.62. The third-order valence-corrected chi connectivity index (χ3v) is 7.26. The quantitative estimate of drug-likeness (QED) is 0.130. The number of carbonyl (C=O) groups excluding carboxylic acids is 1. The maximum Gasteiger partial charge on any atom is 0.275 e. The van der Waals surface area contributed by atoms with Crippen molar-refractivity contribution in [2.75, 3.05) is 6.61 Å². The highest BCUT2D eigenvalue weighted by molar-refractivity contribution is 9.11. The second-order valence-corrected chi connectivity index (χ2v) is 10.6. The van der Waals surface area contributed by atoms with Gasteiger partial charge in [0, 0.05) is 15.7 Å². The molecule has 0 unspecified atom stereocenters. The van der Waals surface area contributed by atoms with Gasteiger partial charge in [-0.2, -0.15) is 5.10 Å². The molecule has 200 valence electrons. The Morgan fingerprint density at radius 1 is 0.925 bits per heavy atom. The summed E-state index contributed by atoms with van der Waals surface area (Å²) in [6.07, 6.45) is 1.63. The normalized spacial score (nSPS) is 11.1. The van der Waals surface area contributed by atoms with E-state index < -0.39 is 5.91 Å². The minimum Gasteiger partial charge on any atom is -0.506 e. The number of hydrogen-bond donors (Lipinski definition) is 2. The number of phenolic OH excluding ortho intramolecular Hbond substituents is 1. The van der Waals surface area contributed by atoms with E-state index in [1.165, 1.54) is 6.07 Å². The predicted octanol–water partition coefficient (Wildman–Crippen LogP) is 8.20. The number of nitrogens with zero attached hydrogens (tertiary/aromatic N) is 2. The molecule has 2 N–H and O–H groups in total. The van der Waals surface area contributed by atoms with Crippen LogP contribution in [-0.2, 0) is 0 Å². The third kappa shape index (κ3) is 5.88. The van der Waals surface area contributed by atoms with Gasteiger partial charge >= 0.3 is 0 Å². The molecule has 0 spiro atoms. The Morgan fingerprint density at radius 2 is 1.57 bits per heavy atom. The topological polar surface area (TPSA) is 75.8 Å². The Hall–Kier alpha value is -4.14. The number of aromatic nitrogens is 1. The van der Waals surface area contributed by atoms with Gasteiger partial charge < -0.3 is 14.4 Å². The van der Waals surface area contributed by atoms with Crippen molar-refractivity contribution in [3.63, 3.8) is 0 Å². The number of ether oxygens (including phenoxy) is 1. The van der Waals surface area contributed by atoms with Gasteiger partial charge in [0.05, 0.1) is 34.2 Å². The van der Waals surface area contributed by atoms with Crippen molar-refractivity contribution < 1.29 is 14.6 Å². The van der Waals surface area contributed by atoms with E-state index in [9.17, 15) is 9.90 Å². The van der Waals surface area contributed by atoms with Gasteiger partial charge in [-0.15, -0.1) is 0 Å². The highest BCUT2D eigenvalue weighted by Gasteiger charge is 2.19. The molecule has 8 heteroatoms. The predicted molar refractivity (Wildman–Crippen MR) is 166 cm³/mol. The summed E-state index contributed by atoms with van der Waals surface area (Å²) < 4.78 is 8.91. The Morgan fingerprint density at radius 3 is 2.23 bits per heavy atom. The number of hydrazone groups is 1. The molecule has 0 saturated carbocycles. The van der Waals surface area contributed by atoms with Crippen LogP contribution in [0.15, 0.2) is 117 Å². The van der Waals surface area contributed by atoms with Crippen LogP contribution in [0, 0.1) is 0 Å². The lowest BCUT2D eigenvalue weighted by molar-refractivity contribution is 0.0952. The molecule has 0 aliphatic rings. The summed E-state index contributed by atoms with van der Waals surface area (Å²) in [5, 5.41) is 14.6. The molecular weight excluding hydrogens is 634 g/mol. The van der Waals surface area contributed by atoms with Crippen LogP contribution in [0.5, 0.6) is 11.5 Å². The molecule has 0 aliphatic heterocycles. The Labute approximate surface area is 249 Å². The van der Waals surface area contributed by atoms with E-state index in [0.717, 1.165) is 39.5 Å². The molecule has 0 atom stereocenters. The first-order valence-corrected chi connectivity index (χ1v) is 14.2. The molecule has 0 bridgehead atoms. The fraction of sp³-hybridized carbons (Fsp3) is 0.0625. The fourth-order valence-corrected chi connectivity index (χ4v) is 5.65. The summed E-state index contributed by atoms with van der Waals surface area (Å²) in [5.41, 5.74) is 8.30. The molecule has 0 fully saturated rings. The molecule has 40 heavy (non-hydrogen) atoms. The summed E-state index contributed by atoms with van der Waals surface area (Å²) in [6.45, 7) is 2.55. The molecule has 1 amide bonds. The van der Waals surface area contributed by atoms with Gasteiger partial charge in [-0.1, -0.05) is 76.6 Å². The van der Waals surface area contributed by atoms with Gasteiger partial charge in [-0.3, -0.25) is 4.79 Å². The molecule has 5 rings (SSSR count). The lowest BCUT2D eigenvalue weighted by atomic mass is 10.1. The molecule has 0 radical (unpaired) electrons. The summed E-state index contributed by atoms with van der Waals surface area (Å²) in [5.74, 6) is 0.105. The van der Waals surface area contributed by atoms with Crippen molar-refractivity contribution in [1.82, 2.24) is 9.99 Å². The Balaban J connectivity index is 1.62. The molecule has 4 aromatic carbocycles. The number of aromatic hydroxyl groups is 1. The van der Waals surface area contributed by atoms with E-state index in [-0.39, 0.29) is 11.3 Å². The first kappa shape index (κ1) is 27.4. The average molecular weight is 659 g/mol. The number of phenols is 1. The lowest BCUT2D eigenvalue weighted by Gasteiger charge is -2.15. The van der Waals surface area contributed by atoms with Gasteiger partial charge in [-0.25, -0.2) is 5.43 Å². The Bertz CT molecular complexity index is 1670. The number of halogens is 2. The van der Waals surface area contributed by atoms with Gasteiger partial charge in [0.25, 0.3) is 5.91 Å². The minimum atomic E-state index is -0.536. The molecule has 0 saturated heterocycles. The molecule has 6 nitrogen and oxygen atoms in total. The van der Waals surface area contributed by atoms with Gasteiger partial charge in [-0.05, 0) is 76.4 Å². The highest BCUT2D eigenvalue weighted by Crippen LogP contribution is 2.36. The molecule has 0 aliphatic carbocycles. The van der Waals surface area contributed by atoms with Crippen LogP contribution in [0.1, 0.15) is 22.8 Å². The maximum atomic E-state index is 12.9. The second-order valence-electron chi connectivity index (χ2n) is 8.81. The summed E-state index contributed by atoms with van der Waals surface area (Å²) in [7, 11) is 0. The second kappa shape index (κ2) is 12.4. The highest BCUT2D eigenvalue weighted by atomic mass is 79.9. The molecule has 5 aromatic rings. The van der Waals surface area contributed by atoms with E-state index in [0.29, 0.717) is 15.6 Å². The van der Waals surface area contributed by atoms with Gasteiger partial charge in [0.2, 0.25) is 0 Å². The van der Waals surface area contributed by atoms with E-state index in [1.807, 2.05) is 79.7 Å². The smallest absolute Gasteiger partial charge is 0.275 e. The van der Waals surface area contributed by atoms with Crippen LogP contribution in [0.25, 0.3) is 28.2 Å². The largest absolute Gasteiger partial charge is 0.506 e. The number of nitrogens with one attached hydrogen (secondary N) is 1. The van der Waals surface area contributed by atoms with Crippen LogP contribution in [0.3, 0.4) is 0 Å². The van der Waals surface area contributed by atoms with Crippen LogP contribution in [-0.4, -0.2) is 28.4 Å². The summed E-state index contributed by atoms with van der Waals surface area (Å²) in [6, 6.07) is 33.4. The van der Waals surface area contributed by atoms with Crippen LogP contribution in [0.4, 0.5) is 0 Å². The zero-order valence-corrected chi connectivity index (χ0v) is 24.7. The minimum absolute atomic E-state index is 0.0959. The van der Waals surface area contributed by atoms with E-state index in [1.54, 1.807) is 12.3 Å². The SMILES string of the molecule is CCOc1ccc(-n2c(-c3ccccc3)cc(/C=N\NC(=O)c3cc(Br)cc(Br)c3O)c2-c2ccccc2)cc1. The molecular formula is C32H25Br2N3O3. The third-order valence-electron chi connectivity index (χ3n) is 6.20. The zero-order chi connectivity index (χ0) is 28.1. The van der Waals surface area contributed by atoms with Crippen LogP contribution in [0.2, 0.25) is 0 Å². The number of rotatable bonds is 8. The van der Waals surface area contributed by atoms with Crippen molar-refractivity contribution >= 4 is 44.0 Å². The summed E-state index contributed by atoms with van der Waals surface area (Å²) in [4.78, 5) is 12.9. The zero-order valence-electron chi connectivity index (χ0n) is 21.5. The first-order valence-electron chi connectivity index (χ1n) is 12.6. The monoisotopic (exact) mass is 657 g/mol. The van der Waals surface area contributed by atoms with Crippen LogP contribution >= 0.6 is 31.9 Å². The van der Waals surface area contributed by atoms with Crippen molar-refractivity contribution in [3.8, 4) is 39.7 Å². The first-order chi connectivity index (χ1) is 19.5. The van der Waals surface area contributed by atoms with Crippen LogP contribution < -0.4 is 10.2 Å². The maximum absolute atomic E-state index is 12.9. The van der Waals surface area contributed by atoms with E-state index in [4.69, 9.17) is 4.74 Å². The van der Waals surface area contributed by atoms with E-state index >= 15 is 0 Å². The average Bonchev–Trinajstić information content (AvgIpc) is 3.35. The van der Waals surface area contributed by atoms with Crippen molar-refractivity contribution in [2.24, 2.45) is 5.10 Å². The number of amides is 1. The van der Waals surface area contributed by atoms with Crippen molar-refractivity contribution in [1.29, 1.82) is 0 Å². The van der Waals surface area contributed by atoms with Gasteiger partial charge in [0.15, 0.2) is 0 Å². The van der Waals surface area contributed by atoms with Gasteiger partial charge in [0.1, 0.15) is 11.5 Å². The standard InChI is InChI=1S/C32H25Br2N3O3/c1-2-40-26-15-13-25(14-16-26)37-29(21-9-5-3-6-10-21)17-23(30(37)22-11-7-4-8-12-22)20-35-36-32(39)27-18-24(33)19-28(34)31(27)38/h3-20,38H,2H2,1H3,(H,36,39)/b35-20-. The van der Waals surface area contributed by atoms with E-state index in [2.05, 4.69) is 65.2 Å². The molecule has 1 aromatic heterocycles.